The fourth-order valence-corrected chi connectivity index (χ4v) is 1.07. The van der Waals surface area contributed by atoms with Crippen molar-refractivity contribution in [3.05, 3.63) is 22.8 Å². The number of nitrogens with zero attached hydrogens (tertiary/aromatic N) is 1. The summed E-state index contributed by atoms with van der Waals surface area (Å²) in [6.07, 6.45) is 0. The summed E-state index contributed by atoms with van der Waals surface area (Å²) in [4.78, 5) is 15.1. The number of pyridine rings is 1. The molecule has 1 rings (SSSR count). The molecule has 76 valence electrons. The molecule has 0 bridgehead atoms. The fourth-order valence-electron chi connectivity index (χ4n) is 0.885. The third-order valence-electron chi connectivity index (χ3n) is 1.49. The highest BCUT2D eigenvalue weighted by atomic mass is 35.5. The molecule has 0 aliphatic rings. The van der Waals surface area contributed by atoms with Gasteiger partial charge in [-0.3, -0.25) is 0 Å². The Labute approximate surface area is 86.8 Å². The van der Waals surface area contributed by atoms with Crippen molar-refractivity contribution in [2.24, 2.45) is 0 Å². The van der Waals surface area contributed by atoms with Gasteiger partial charge < -0.3 is 9.47 Å². The first kappa shape index (κ1) is 10.8. The Morgan fingerprint density at radius 2 is 2.29 bits per heavy atom. The topological polar surface area (TPSA) is 48.4 Å². The van der Waals surface area contributed by atoms with Gasteiger partial charge in [0.15, 0.2) is 5.69 Å². The summed E-state index contributed by atoms with van der Waals surface area (Å²) in [5.74, 6) is -0.264. The van der Waals surface area contributed by atoms with Gasteiger partial charge in [0.1, 0.15) is 5.02 Å². The van der Waals surface area contributed by atoms with E-state index < -0.39 is 5.97 Å². The van der Waals surface area contributed by atoms with E-state index in [0.717, 1.165) is 0 Å². The SMILES string of the molecule is CCOC(=O)c1ccc(Cl)c(OC)n1. The Morgan fingerprint density at radius 3 is 2.86 bits per heavy atom. The molecule has 0 atom stereocenters. The van der Waals surface area contributed by atoms with Crippen LogP contribution in [0.3, 0.4) is 0 Å². The van der Waals surface area contributed by atoms with E-state index in [9.17, 15) is 4.79 Å². The molecule has 0 unspecified atom stereocenters. The summed E-state index contributed by atoms with van der Waals surface area (Å²) in [6, 6.07) is 3.03. The van der Waals surface area contributed by atoms with Gasteiger partial charge in [-0.25, -0.2) is 9.78 Å². The zero-order chi connectivity index (χ0) is 10.6. The zero-order valence-electron chi connectivity index (χ0n) is 7.91. The second-order valence-corrected chi connectivity index (χ2v) is 2.82. The summed E-state index contributed by atoms with van der Waals surface area (Å²) in [5, 5.41) is 0.362. The molecule has 0 spiro atoms. The van der Waals surface area contributed by atoms with Gasteiger partial charge in [-0.05, 0) is 19.1 Å². The van der Waals surface area contributed by atoms with Crippen molar-refractivity contribution in [3.63, 3.8) is 0 Å². The van der Waals surface area contributed by atoms with Crippen molar-refractivity contribution in [2.45, 2.75) is 6.92 Å². The smallest absolute Gasteiger partial charge is 0.357 e. The normalized spacial score (nSPS) is 9.64. The van der Waals surface area contributed by atoms with Crippen LogP contribution in [0.2, 0.25) is 5.02 Å². The molecule has 0 radical (unpaired) electrons. The molecular formula is C9H10ClNO3. The molecule has 0 aliphatic carbocycles. The third-order valence-corrected chi connectivity index (χ3v) is 1.78. The number of hydrogen-bond acceptors (Lipinski definition) is 4. The number of rotatable bonds is 3. The number of aromatic nitrogens is 1. The maximum atomic E-state index is 11.2. The van der Waals surface area contributed by atoms with E-state index in [-0.39, 0.29) is 11.6 Å². The van der Waals surface area contributed by atoms with Gasteiger partial charge >= 0.3 is 5.97 Å². The van der Waals surface area contributed by atoms with Gasteiger partial charge in [-0.15, -0.1) is 0 Å². The highest BCUT2D eigenvalue weighted by molar-refractivity contribution is 6.31. The molecule has 0 fully saturated rings. The molecule has 0 aromatic carbocycles. The first-order valence-corrected chi connectivity index (χ1v) is 4.44. The number of halogens is 1. The third kappa shape index (κ3) is 2.35. The molecule has 0 N–H and O–H groups in total. The minimum absolute atomic E-state index is 0.188. The average Bonchev–Trinajstić information content (AvgIpc) is 2.19. The first-order valence-electron chi connectivity index (χ1n) is 4.06. The lowest BCUT2D eigenvalue weighted by atomic mass is 10.3. The zero-order valence-corrected chi connectivity index (χ0v) is 8.67. The molecule has 0 amide bonds. The largest absolute Gasteiger partial charge is 0.480 e. The van der Waals surface area contributed by atoms with Crippen molar-refractivity contribution in [1.82, 2.24) is 4.98 Å². The highest BCUT2D eigenvalue weighted by Gasteiger charge is 2.11. The number of esters is 1. The van der Waals surface area contributed by atoms with Crippen molar-refractivity contribution >= 4 is 17.6 Å². The lowest BCUT2D eigenvalue weighted by molar-refractivity contribution is 0.0518. The van der Waals surface area contributed by atoms with E-state index in [2.05, 4.69) is 4.98 Å². The number of hydrogen-bond donors (Lipinski definition) is 0. The van der Waals surface area contributed by atoms with Crippen molar-refractivity contribution in [2.75, 3.05) is 13.7 Å². The Morgan fingerprint density at radius 1 is 1.57 bits per heavy atom. The second kappa shape index (κ2) is 4.81. The molecule has 4 nitrogen and oxygen atoms in total. The molecule has 1 aromatic rings. The summed E-state index contributed by atoms with van der Waals surface area (Å²) in [5.41, 5.74) is 0.188. The highest BCUT2D eigenvalue weighted by Crippen LogP contribution is 2.21. The maximum Gasteiger partial charge on any atom is 0.357 e. The Kier molecular flexibility index (Phi) is 3.71. The molecule has 1 heterocycles. The molecule has 0 saturated heterocycles. The van der Waals surface area contributed by atoms with Crippen LogP contribution in [0.1, 0.15) is 17.4 Å². The lowest BCUT2D eigenvalue weighted by Gasteiger charge is -2.04. The summed E-state index contributed by atoms with van der Waals surface area (Å²) >= 11 is 5.74. The maximum absolute atomic E-state index is 11.2. The monoisotopic (exact) mass is 215 g/mol. The van der Waals surface area contributed by atoms with E-state index in [4.69, 9.17) is 21.1 Å². The number of ether oxygens (including phenoxy) is 2. The quantitative estimate of drug-likeness (QED) is 0.723. The van der Waals surface area contributed by atoms with Crippen LogP contribution in [0.15, 0.2) is 12.1 Å². The van der Waals surface area contributed by atoms with Gasteiger partial charge in [0.25, 0.3) is 0 Å². The first-order chi connectivity index (χ1) is 6.69. The van der Waals surface area contributed by atoms with Crippen LogP contribution in [-0.4, -0.2) is 24.7 Å². The van der Waals surface area contributed by atoms with Crippen molar-refractivity contribution in [3.8, 4) is 5.88 Å². The molecule has 5 heteroatoms. The Bertz CT molecular complexity index is 341. The van der Waals surface area contributed by atoms with Crippen LogP contribution in [0.25, 0.3) is 0 Å². The minimum atomic E-state index is -0.484. The molecule has 0 aliphatic heterocycles. The van der Waals surface area contributed by atoms with E-state index in [1.165, 1.54) is 13.2 Å². The van der Waals surface area contributed by atoms with Crippen molar-refractivity contribution < 1.29 is 14.3 Å². The van der Waals surface area contributed by atoms with Crippen LogP contribution in [-0.2, 0) is 4.74 Å². The predicted octanol–water partition coefficient (Wildman–Crippen LogP) is 1.92. The summed E-state index contributed by atoms with van der Waals surface area (Å²) in [7, 11) is 1.43. The van der Waals surface area contributed by atoms with E-state index in [1.54, 1.807) is 13.0 Å². The van der Waals surface area contributed by atoms with Crippen molar-refractivity contribution in [1.29, 1.82) is 0 Å². The second-order valence-electron chi connectivity index (χ2n) is 2.41. The average molecular weight is 216 g/mol. The summed E-state index contributed by atoms with van der Waals surface area (Å²) in [6.45, 7) is 2.04. The van der Waals surface area contributed by atoms with Gasteiger partial charge in [-0.2, -0.15) is 0 Å². The molecule has 0 saturated carbocycles. The van der Waals surface area contributed by atoms with Crippen LogP contribution in [0, 0.1) is 0 Å². The van der Waals surface area contributed by atoms with Crippen LogP contribution < -0.4 is 4.74 Å². The van der Waals surface area contributed by atoms with Gasteiger partial charge in [0, 0.05) is 0 Å². The molecule has 1 aromatic heterocycles. The van der Waals surface area contributed by atoms with Crippen LogP contribution in [0.4, 0.5) is 0 Å². The van der Waals surface area contributed by atoms with Gasteiger partial charge in [-0.1, -0.05) is 11.6 Å². The predicted molar refractivity (Wildman–Crippen MR) is 51.8 cm³/mol. The molecule has 14 heavy (non-hydrogen) atoms. The van der Waals surface area contributed by atoms with Gasteiger partial charge in [0.05, 0.1) is 13.7 Å². The summed E-state index contributed by atoms with van der Waals surface area (Å²) < 4.78 is 9.63. The van der Waals surface area contributed by atoms with Crippen LogP contribution in [0.5, 0.6) is 5.88 Å². The number of methoxy groups -OCH3 is 1. The van der Waals surface area contributed by atoms with Gasteiger partial charge in [0.2, 0.25) is 5.88 Å². The molecular weight excluding hydrogens is 206 g/mol. The minimum Gasteiger partial charge on any atom is -0.480 e. The van der Waals surface area contributed by atoms with E-state index >= 15 is 0 Å². The van der Waals surface area contributed by atoms with E-state index in [0.29, 0.717) is 11.6 Å². The standard InChI is InChI=1S/C9H10ClNO3/c1-3-14-9(12)7-5-4-6(10)8(11-7)13-2/h4-5H,3H2,1-2H3. The Balaban J connectivity index is 2.94. The number of carbonyl (C=O) groups excluding carboxylic acids is 1. The van der Waals surface area contributed by atoms with E-state index in [1.807, 2.05) is 0 Å². The number of carbonyl (C=O) groups is 1. The Hall–Kier alpha value is -1.29. The lowest BCUT2D eigenvalue weighted by Crippen LogP contribution is -2.07. The van der Waals surface area contributed by atoms with Crippen LogP contribution >= 0.6 is 11.6 Å². The fraction of sp³-hybridized carbons (Fsp3) is 0.333.